The van der Waals surface area contributed by atoms with E-state index in [0.717, 1.165) is 38.4 Å². The molecule has 0 bridgehead atoms. The second kappa shape index (κ2) is 9.52. The first-order valence-corrected chi connectivity index (χ1v) is 11.1. The van der Waals surface area contributed by atoms with Crippen molar-refractivity contribution < 1.29 is 13.2 Å². The van der Waals surface area contributed by atoms with Gasteiger partial charge < -0.3 is 15.5 Å². The number of likely N-dealkylation sites (tertiary alicyclic amines) is 1. The summed E-state index contributed by atoms with van der Waals surface area (Å²) in [5.41, 5.74) is -0.00624. The molecule has 1 spiro atoms. The summed E-state index contributed by atoms with van der Waals surface area (Å²) < 4.78 is 27.1. The number of carbonyl (C=O) groups excluding carboxylic acids is 1. The number of rotatable bonds is 5. The number of nitrogens with zero attached hydrogens (tertiary/aromatic N) is 2. The van der Waals surface area contributed by atoms with E-state index >= 15 is 0 Å². The molecule has 8 nitrogen and oxygen atoms in total. The Morgan fingerprint density at radius 3 is 2.89 bits per heavy atom. The number of hydrogen-bond acceptors (Lipinski definition) is 5. The van der Waals surface area contributed by atoms with Gasteiger partial charge in [0.25, 0.3) is 0 Å². The second-order valence-electron chi connectivity index (χ2n) is 6.78. The molecule has 2 aliphatic heterocycles. The normalized spacial score (nSPS) is 23.2. The number of carbonyl (C=O) groups is 1. The zero-order valence-corrected chi connectivity index (χ0v) is 19.2. The predicted molar refractivity (Wildman–Crippen MR) is 117 cm³/mol. The summed E-state index contributed by atoms with van der Waals surface area (Å²) in [6.45, 7) is 3.11. The molecule has 0 radical (unpaired) electrons. The zero-order valence-electron chi connectivity index (χ0n) is 15.2. The van der Waals surface area contributed by atoms with Crippen LogP contribution in [0.2, 0.25) is 0 Å². The smallest absolute Gasteiger partial charge is 0.250 e. The fourth-order valence-electron chi connectivity index (χ4n) is 3.61. The summed E-state index contributed by atoms with van der Waals surface area (Å²) in [6, 6.07) is 3.30. The number of piperidine rings is 1. The Labute approximate surface area is 181 Å². The van der Waals surface area contributed by atoms with Crippen LogP contribution in [0.3, 0.4) is 0 Å². The molecule has 3 heterocycles. The minimum absolute atomic E-state index is 0. The van der Waals surface area contributed by atoms with Crippen LogP contribution in [0, 0.1) is 5.41 Å². The van der Waals surface area contributed by atoms with Crippen molar-refractivity contribution in [3.05, 3.63) is 17.5 Å². The summed E-state index contributed by atoms with van der Waals surface area (Å²) in [4.78, 5) is 18.1. The van der Waals surface area contributed by atoms with Gasteiger partial charge in [-0.1, -0.05) is 6.07 Å². The average molecular weight is 527 g/mol. The van der Waals surface area contributed by atoms with E-state index in [1.165, 1.54) is 11.3 Å². The van der Waals surface area contributed by atoms with Gasteiger partial charge in [-0.15, -0.1) is 35.3 Å². The number of halogens is 1. The number of guanidine groups is 1. The van der Waals surface area contributed by atoms with Crippen molar-refractivity contribution in [1.29, 1.82) is 0 Å². The topological polar surface area (TPSA) is 103 Å². The number of nitrogens with one attached hydrogen (secondary N) is 3. The standard InChI is InChI=1S/C16H25N5O3S2.HI/c1-17-15(18-6-7-20-26(23,24)14-4-2-9-25-14)21-8-3-5-16(12-21)10-13(22)19-11-16;/h2,4,9,20H,3,5-8,10-12H2,1H3,(H,17,18)(H,19,22);1H. The van der Waals surface area contributed by atoms with Crippen LogP contribution < -0.4 is 15.4 Å². The maximum atomic E-state index is 12.1. The van der Waals surface area contributed by atoms with E-state index in [4.69, 9.17) is 0 Å². The van der Waals surface area contributed by atoms with Gasteiger partial charge in [-0.05, 0) is 24.3 Å². The van der Waals surface area contributed by atoms with Crippen molar-refractivity contribution in [2.45, 2.75) is 23.5 Å². The van der Waals surface area contributed by atoms with Crippen LogP contribution in [-0.2, 0) is 14.8 Å². The highest BCUT2D eigenvalue weighted by Crippen LogP contribution is 2.35. The highest BCUT2D eigenvalue weighted by molar-refractivity contribution is 14.0. The lowest BCUT2D eigenvalue weighted by atomic mass is 9.79. The predicted octanol–water partition coefficient (Wildman–Crippen LogP) is 0.822. The SMILES string of the molecule is CN=C(NCCNS(=O)(=O)c1cccs1)N1CCCC2(CNC(=O)C2)C1.I. The Balaban J connectivity index is 0.00000261. The minimum atomic E-state index is -3.44. The van der Waals surface area contributed by atoms with E-state index < -0.39 is 10.0 Å². The van der Waals surface area contributed by atoms with Crippen molar-refractivity contribution in [2.24, 2.45) is 10.4 Å². The Morgan fingerprint density at radius 2 is 2.26 bits per heavy atom. The maximum absolute atomic E-state index is 12.1. The number of sulfonamides is 1. The van der Waals surface area contributed by atoms with Crippen LogP contribution in [0.15, 0.2) is 26.7 Å². The van der Waals surface area contributed by atoms with Gasteiger partial charge in [-0.2, -0.15) is 0 Å². The van der Waals surface area contributed by atoms with Crippen LogP contribution in [0.5, 0.6) is 0 Å². The molecule has 0 aliphatic carbocycles. The lowest BCUT2D eigenvalue weighted by molar-refractivity contribution is -0.119. The van der Waals surface area contributed by atoms with E-state index in [0.29, 0.717) is 17.2 Å². The lowest BCUT2D eigenvalue weighted by Crippen LogP contribution is -2.52. The average Bonchev–Trinajstić information content (AvgIpc) is 3.26. The summed E-state index contributed by atoms with van der Waals surface area (Å²) in [5.74, 6) is 0.872. The first-order chi connectivity index (χ1) is 12.4. The molecular weight excluding hydrogens is 501 g/mol. The van der Waals surface area contributed by atoms with E-state index in [1.807, 2.05) is 0 Å². The molecule has 11 heteroatoms. The monoisotopic (exact) mass is 527 g/mol. The van der Waals surface area contributed by atoms with E-state index in [2.05, 4.69) is 25.2 Å². The van der Waals surface area contributed by atoms with E-state index in [9.17, 15) is 13.2 Å². The highest BCUT2D eigenvalue weighted by Gasteiger charge is 2.42. The van der Waals surface area contributed by atoms with Crippen molar-refractivity contribution >= 4 is 57.2 Å². The molecule has 1 aromatic rings. The maximum Gasteiger partial charge on any atom is 0.250 e. The molecule has 1 amide bonds. The summed E-state index contributed by atoms with van der Waals surface area (Å²) in [6.07, 6.45) is 2.63. The van der Waals surface area contributed by atoms with Gasteiger partial charge in [-0.25, -0.2) is 13.1 Å². The van der Waals surface area contributed by atoms with Gasteiger partial charge in [0.15, 0.2) is 5.96 Å². The zero-order chi connectivity index (χ0) is 18.6. The van der Waals surface area contributed by atoms with Crippen molar-refractivity contribution in [3.8, 4) is 0 Å². The van der Waals surface area contributed by atoms with Gasteiger partial charge in [0.1, 0.15) is 4.21 Å². The van der Waals surface area contributed by atoms with Gasteiger partial charge in [0.05, 0.1) is 0 Å². The quantitative estimate of drug-likeness (QED) is 0.228. The number of amides is 1. The third-order valence-electron chi connectivity index (χ3n) is 4.83. The molecule has 3 rings (SSSR count). The van der Waals surface area contributed by atoms with Crippen LogP contribution >= 0.6 is 35.3 Å². The Morgan fingerprint density at radius 1 is 1.44 bits per heavy atom. The van der Waals surface area contributed by atoms with Gasteiger partial charge in [0.2, 0.25) is 15.9 Å². The molecule has 2 fully saturated rings. The Kier molecular flexibility index (Phi) is 7.89. The third-order valence-corrected chi connectivity index (χ3v) is 7.69. The summed E-state index contributed by atoms with van der Waals surface area (Å²) >= 11 is 1.20. The van der Waals surface area contributed by atoms with Crippen molar-refractivity contribution in [3.63, 3.8) is 0 Å². The van der Waals surface area contributed by atoms with E-state index in [1.54, 1.807) is 24.6 Å². The van der Waals surface area contributed by atoms with Gasteiger partial charge >= 0.3 is 0 Å². The molecule has 0 aromatic carbocycles. The van der Waals surface area contributed by atoms with Gasteiger partial charge in [-0.3, -0.25) is 9.79 Å². The van der Waals surface area contributed by atoms with Crippen LogP contribution in [0.4, 0.5) is 0 Å². The molecule has 27 heavy (non-hydrogen) atoms. The lowest BCUT2D eigenvalue weighted by Gasteiger charge is -2.40. The first kappa shape index (κ1) is 22.4. The molecule has 3 N–H and O–H groups in total. The highest BCUT2D eigenvalue weighted by atomic mass is 127. The third kappa shape index (κ3) is 5.55. The van der Waals surface area contributed by atoms with Crippen molar-refractivity contribution in [1.82, 2.24) is 20.3 Å². The van der Waals surface area contributed by atoms with Crippen LogP contribution in [0.25, 0.3) is 0 Å². The molecule has 1 atom stereocenters. The number of aliphatic imine (C=N–C) groups is 1. The molecule has 2 saturated heterocycles. The number of thiophene rings is 1. The summed E-state index contributed by atoms with van der Waals surface area (Å²) in [7, 11) is -1.72. The Hall–Kier alpha value is -0.920. The number of hydrogen-bond donors (Lipinski definition) is 3. The minimum Gasteiger partial charge on any atom is -0.355 e. The molecule has 1 unspecified atom stereocenters. The molecule has 1 aromatic heterocycles. The van der Waals surface area contributed by atoms with E-state index in [-0.39, 0.29) is 41.8 Å². The Bertz CT molecular complexity index is 769. The first-order valence-electron chi connectivity index (χ1n) is 8.70. The molecule has 0 saturated carbocycles. The fourth-order valence-corrected chi connectivity index (χ4v) is 5.68. The second-order valence-corrected chi connectivity index (χ2v) is 9.72. The van der Waals surface area contributed by atoms with Crippen molar-refractivity contribution in [2.75, 3.05) is 39.8 Å². The molecule has 152 valence electrons. The van der Waals surface area contributed by atoms with Gasteiger partial charge in [0, 0.05) is 51.6 Å². The van der Waals surface area contributed by atoms with Crippen LogP contribution in [0.1, 0.15) is 19.3 Å². The molecule has 2 aliphatic rings. The summed E-state index contributed by atoms with van der Waals surface area (Å²) in [5, 5.41) is 7.90. The molecular formula is C16H26IN5O3S2. The largest absolute Gasteiger partial charge is 0.355 e. The van der Waals surface area contributed by atoms with Crippen LogP contribution in [-0.4, -0.2) is 65.0 Å². The fraction of sp³-hybridized carbons (Fsp3) is 0.625.